The van der Waals surface area contributed by atoms with Crippen molar-refractivity contribution in [2.24, 2.45) is 7.05 Å². The maximum absolute atomic E-state index is 12.2. The highest BCUT2D eigenvalue weighted by atomic mass is 19.4. The molecule has 31 heavy (non-hydrogen) atoms. The van der Waals surface area contributed by atoms with Crippen LogP contribution < -0.4 is 10.1 Å². The lowest BCUT2D eigenvalue weighted by atomic mass is 10.1. The molecule has 11 heteroatoms. The Morgan fingerprint density at radius 1 is 1.16 bits per heavy atom. The van der Waals surface area contributed by atoms with Gasteiger partial charge in [0.2, 0.25) is 5.91 Å². The van der Waals surface area contributed by atoms with Crippen molar-refractivity contribution in [3.63, 3.8) is 0 Å². The number of amides is 1. The van der Waals surface area contributed by atoms with Crippen LogP contribution in [0.5, 0.6) is 5.75 Å². The number of halogens is 3. The van der Waals surface area contributed by atoms with Gasteiger partial charge in [0, 0.05) is 25.0 Å². The summed E-state index contributed by atoms with van der Waals surface area (Å²) in [5.41, 5.74) is 2.85. The molecule has 2 heterocycles. The summed E-state index contributed by atoms with van der Waals surface area (Å²) in [6, 6.07) is 11.1. The molecule has 0 aliphatic heterocycles. The second-order valence-corrected chi connectivity index (χ2v) is 6.21. The van der Waals surface area contributed by atoms with Gasteiger partial charge in [0.05, 0.1) is 19.7 Å². The Balaban J connectivity index is 0.000000423. The minimum Gasteiger partial charge on any atom is -0.497 e. The molecule has 1 amide bonds. The predicted molar refractivity (Wildman–Crippen MR) is 105 cm³/mol. The molecule has 0 spiro atoms. The number of methoxy groups -OCH3 is 1. The zero-order chi connectivity index (χ0) is 23.0. The van der Waals surface area contributed by atoms with E-state index >= 15 is 0 Å². The molecular weight excluding hydrogens is 417 g/mol. The van der Waals surface area contributed by atoms with E-state index in [0.29, 0.717) is 5.82 Å². The van der Waals surface area contributed by atoms with Gasteiger partial charge < -0.3 is 15.2 Å². The third-order valence-electron chi connectivity index (χ3n) is 3.83. The summed E-state index contributed by atoms with van der Waals surface area (Å²) in [5.74, 6) is -1.58. The van der Waals surface area contributed by atoms with E-state index in [2.05, 4.69) is 15.4 Å². The van der Waals surface area contributed by atoms with Gasteiger partial charge in [-0.15, -0.1) is 0 Å². The first-order valence-electron chi connectivity index (χ1n) is 8.76. The fraction of sp³-hybridized carbons (Fsp3) is 0.200. The van der Waals surface area contributed by atoms with Crippen LogP contribution in [0.25, 0.3) is 11.1 Å². The molecule has 0 aliphatic rings. The van der Waals surface area contributed by atoms with Crippen LogP contribution in [-0.4, -0.2) is 45.0 Å². The molecule has 0 radical (unpaired) electrons. The van der Waals surface area contributed by atoms with Crippen molar-refractivity contribution < 1.29 is 32.6 Å². The molecule has 1 aromatic carbocycles. The van der Waals surface area contributed by atoms with Crippen LogP contribution in [0.4, 0.5) is 19.0 Å². The van der Waals surface area contributed by atoms with Crippen molar-refractivity contribution >= 4 is 17.7 Å². The number of carbonyl (C=O) groups is 2. The van der Waals surface area contributed by atoms with Gasteiger partial charge in [-0.3, -0.25) is 9.48 Å². The van der Waals surface area contributed by atoms with E-state index in [4.69, 9.17) is 14.6 Å². The Morgan fingerprint density at radius 2 is 1.81 bits per heavy atom. The summed E-state index contributed by atoms with van der Waals surface area (Å²) in [5, 5.41) is 14.1. The quantitative estimate of drug-likeness (QED) is 0.636. The highest BCUT2D eigenvalue weighted by Crippen LogP contribution is 2.20. The number of aromatic nitrogens is 3. The summed E-state index contributed by atoms with van der Waals surface area (Å²) in [6.07, 6.45) is 0.560. The highest BCUT2D eigenvalue weighted by Gasteiger charge is 2.38. The molecule has 0 saturated heterocycles. The average molecular weight is 436 g/mol. The first-order chi connectivity index (χ1) is 14.6. The molecule has 3 aromatic rings. The summed E-state index contributed by atoms with van der Waals surface area (Å²) < 4.78 is 38.6. The van der Waals surface area contributed by atoms with E-state index in [9.17, 15) is 18.0 Å². The van der Waals surface area contributed by atoms with Gasteiger partial charge in [0.15, 0.2) is 0 Å². The van der Waals surface area contributed by atoms with Crippen molar-refractivity contribution in [1.29, 1.82) is 0 Å². The fourth-order valence-corrected chi connectivity index (χ4v) is 2.36. The van der Waals surface area contributed by atoms with Crippen molar-refractivity contribution in [2.45, 2.75) is 12.6 Å². The second kappa shape index (κ2) is 10.2. The van der Waals surface area contributed by atoms with Crippen LogP contribution in [-0.2, 0) is 23.1 Å². The number of carboxylic acids is 1. The van der Waals surface area contributed by atoms with Gasteiger partial charge in [0.1, 0.15) is 11.6 Å². The summed E-state index contributed by atoms with van der Waals surface area (Å²) in [4.78, 5) is 25.3. The summed E-state index contributed by atoms with van der Waals surface area (Å²) in [6.45, 7) is 0. The Kier molecular flexibility index (Phi) is 7.72. The highest BCUT2D eigenvalue weighted by molar-refractivity contribution is 5.92. The second-order valence-electron chi connectivity index (χ2n) is 6.21. The Labute approximate surface area is 175 Å². The number of nitrogens with one attached hydrogen (secondary N) is 1. The predicted octanol–water partition coefficient (Wildman–Crippen LogP) is 3.31. The molecule has 0 atom stereocenters. The zero-order valence-electron chi connectivity index (χ0n) is 16.6. The van der Waals surface area contributed by atoms with Crippen molar-refractivity contribution in [1.82, 2.24) is 14.8 Å². The minimum atomic E-state index is -5.08. The Bertz CT molecular complexity index is 1030. The van der Waals surface area contributed by atoms with E-state index in [1.165, 1.54) is 0 Å². The van der Waals surface area contributed by atoms with E-state index in [-0.39, 0.29) is 12.3 Å². The number of pyridine rings is 1. The normalized spacial score (nSPS) is 10.6. The number of rotatable bonds is 5. The molecule has 8 nitrogen and oxygen atoms in total. The number of anilines is 1. The summed E-state index contributed by atoms with van der Waals surface area (Å²) in [7, 11) is 3.48. The lowest BCUT2D eigenvalue weighted by Gasteiger charge is -2.06. The molecule has 2 N–H and O–H groups in total. The molecule has 3 rings (SSSR count). The van der Waals surface area contributed by atoms with Crippen LogP contribution in [0, 0.1) is 0 Å². The molecule has 164 valence electrons. The largest absolute Gasteiger partial charge is 0.497 e. The average Bonchev–Trinajstić information content (AvgIpc) is 3.15. The SMILES string of the molecule is COc1ccc(CC(=O)Nc2cc(-c3cnn(C)c3)ccn2)cc1.O=C(O)C(F)(F)F. The lowest BCUT2D eigenvalue weighted by Crippen LogP contribution is -2.21. The first-order valence-corrected chi connectivity index (χ1v) is 8.76. The number of ether oxygens (including phenoxy) is 1. The number of hydrogen-bond acceptors (Lipinski definition) is 5. The van der Waals surface area contributed by atoms with Gasteiger partial charge >= 0.3 is 12.1 Å². The van der Waals surface area contributed by atoms with E-state index in [0.717, 1.165) is 22.4 Å². The van der Waals surface area contributed by atoms with E-state index < -0.39 is 12.1 Å². The topological polar surface area (TPSA) is 106 Å². The number of carboxylic acid groups (broad SMARTS) is 1. The molecule has 0 bridgehead atoms. The number of alkyl halides is 3. The molecule has 2 aromatic heterocycles. The van der Waals surface area contributed by atoms with Crippen LogP contribution >= 0.6 is 0 Å². The van der Waals surface area contributed by atoms with Crippen molar-refractivity contribution in [3.8, 4) is 16.9 Å². The first kappa shape index (κ1) is 23.4. The number of aryl methyl sites for hydroxylation is 1. The van der Waals surface area contributed by atoms with Crippen LogP contribution in [0.1, 0.15) is 5.56 Å². The molecule has 0 fully saturated rings. The van der Waals surface area contributed by atoms with Gasteiger partial charge in [-0.2, -0.15) is 18.3 Å². The zero-order valence-corrected chi connectivity index (χ0v) is 16.6. The third kappa shape index (κ3) is 7.46. The van der Waals surface area contributed by atoms with Crippen LogP contribution in [0.15, 0.2) is 55.0 Å². The smallest absolute Gasteiger partial charge is 0.490 e. The third-order valence-corrected chi connectivity index (χ3v) is 3.83. The number of carbonyl (C=O) groups excluding carboxylic acids is 1. The van der Waals surface area contributed by atoms with Crippen LogP contribution in [0.3, 0.4) is 0 Å². The maximum atomic E-state index is 12.2. The fourth-order valence-electron chi connectivity index (χ4n) is 2.36. The van der Waals surface area contributed by atoms with Crippen LogP contribution in [0.2, 0.25) is 0 Å². The molecule has 0 saturated carbocycles. The van der Waals surface area contributed by atoms with Gasteiger partial charge in [-0.1, -0.05) is 12.1 Å². The molecular formula is C20H19F3N4O4. The Hall–Kier alpha value is -3.89. The number of aliphatic carboxylic acids is 1. The van der Waals surface area contributed by atoms with Gasteiger partial charge in [0.25, 0.3) is 0 Å². The van der Waals surface area contributed by atoms with Gasteiger partial charge in [-0.05, 0) is 35.4 Å². The maximum Gasteiger partial charge on any atom is 0.490 e. The number of hydrogen-bond donors (Lipinski definition) is 2. The monoisotopic (exact) mass is 436 g/mol. The van der Waals surface area contributed by atoms with E-state index in [1.54, 1.807) is 24.2 Å². The Morgan fingerprint density at radius 3 is 2.32 bits per heavy atom. The molecule has 0 unspecified atom stereocenters. The number of nitrogens with zero attached hydrogens (tertiary/aromatic N) is 3. The van der Waals surface area contributed by atoms with Crippen molar-refractivity contribution in [3.05, 3.63) is 60.6 Å². The summed E-state index contributed by atoms with van der Waals surface area (Å²) >= 11 is 0. The van der Waals surface area contributed by atoms with Gasteiger partial charge in [-0.25, -0.2) is 9.78 Å². The number of benzene rings is 1. The standard InChI is InChI=1S/C18H18N4O2.C2HF3O2/c1-22-12-15(11-20-22)14-7-8-19-17(10-14)21-18(23)9-13-3-5-16(24-2)6-4-13;3-2(4,5)1(6)7/h3-8,10-12H,9H2,1-2H3,(H,19,21,23);(H,6,7). The molecule has 0 aliphatic carbocycles. The van der Waals surface area contributed by atoms with Crippen molar-refractivity contribution in [2.75, 3.05) is 12.4 Å². The lowest BCUT2D eigenvalue weighted by molar-refractivity contribution is -0.192. The minimum absolute atomic E-state index is 0.115. The van der Waals surface area contributed by atoms with E-state index in [1.807, 2.05) is 49.6 Å².